The molecule has 0 aromatic heterocycles. The van der Waals surface area contributed by atoms with E-state index in [1.54, 1.807) is 0 Å². The highest BCUT2D eigenvalue weighted by Crippen LogP contribution is 1.99. The van der Waals surface area contributed by atoms with E-state index in [2.05, 4.69) is 39.3 Å². The Kier molecular flexibility index (Phi) is 11.8. The third kappa shape index (κ3) is 24.5. The van der Waals surface area contributed by atoms with Crippen LogP contribution >= 0.6 is 0 Å². The topological polar surface area (TPSA) is 9.23 Å². The van der Waals surface area contributed by atoms with Gasteiger partial charge in [-0.05, 0) is 32.5 Å². The molecule has 0 fully saturated rings. The first-order valence-electron chi connectivity index (χ1n) is 4.83. The molecular formula is C10H24OSi2. The Hall–Kier alpha value is -0.126. The molecule has 0 bridgehead atoms. The maximum Gasteiger partial charge on any atom is 0.169 e. The molecule has 78 valence electrons. The van der Waals surface area contributed by atoms with Gasteiger partial charge in [-0.2, -0.15) is 0 Å². The highest BCUT2D eigenvalue weighted by molar-refractivity contribution is 6.73. The van der Waals surface area contributed by atoms with Crippen LogP contribution in [0.5, 0.6) is 0 Å². The molecule has 0 aliphatic carbocycles. The highest BCUT2D eigenvalue weighted by atomic mass is 28.4. The minimum atomic E-state index is -1.10. The fraction of sp³-hybridized carbons (Fsp3) is 0.600. The molecule has 0 radical (unpaired) electrons. The minimum Gasteiger partial charge on any atom is -0.461 e. The molecule has 0 aromatic carbocycles. The summed E-state index contributed by atoms with van der Waals surface area (Å²) in [5.74, 6) is 0. The van der Waals surface area contributed by atoms with Crippen LogP contribution in [0.2, 0.25) is 26.2 Å². The van der Waals surface area contributed by atoms with Gasteiger partial charge in [0.1, 0.15) is 9.76 Å². The predicted octanol–water partition coefficient (Wildman–Crippen LogP) is 3.11. The first kappa shape index (κ1) is 15.4. The third-order valence-corrected chi connectivity index (χ3v) is 5.77. The fourth-order valence-corrected chi connectivity index (χ4v) is 4.13. The lowest BCUT2D eigenvalue weighted by Crippen LogP contribution is -2.26. The van der Waals surface area contributed by atoms with E-state index in [4.69, 9.17) is 4.12 Å². The van der Waals surface area contributed by atoms with E-state index in [1.807, 2.05) is 12.2 Å². The fourth-order valence-electron chi connectivity index (χ4n) is 0.669. The average Bonchev–Trinajstić information content (AvgIpc) is 1.99. The van der Waals surface area contributed by atoms with Crippen molar-refractivity contribution in [2.24, 2.45) is 0 Å². The Morgan fingerprint density at radius 1 is 1.15 bits per heavy atom. The van der Waals surface area contributed by atoms with E-state index in [1.165, 1.54) is 0 Å². The van der Waals surface area contributed by atoms with E-state index in [9.17, 15) is 0 Å². The molecule has 0 unspecified atom stereocenters. The summed E-state index contributed by atoms with van der Waals surface area (Å²) in [6.07, 6.45) is 5.90. The molecule has 3 heteroatoms. The van der Waals surface area contributed by atoms with Crippen molar-refractivity contribution in [1.82, 2.24) is 0 Å². The summed E-state index contributed by atoms with van der Waals surface area (Å²) in [5.41, 5.74) is 0. The van der Waals surface area contributed by atoms with Crippen LogP contribution in [-0.4, -0.2) is 18.1 Å². The van der Waals surface area contributed by atoms with E-state index in [0.717, 1.165) is 12.8 Å². The van der Waals surface area contributed by atoms with Crippen LogP contribution in [-0.2, 0) is 4.12 Å². The Morgan fingerprint density at radius 3 is 1.62 bits per heavy atom. The molecule has 0 heterocycles. The molecule has 0 amide bonds. The van der Waals surface area contributed by atoms with Crippen molar-refractivity contribution in [3.63, 3.8) is 0 Å². The molecule has 0 N–H and O–H groups in total. The summed E-state index contributed by atoms with van der Waals surface area (Å²) < 4.78 is 5.51. The van der Waals surface area contributed by atoms with Crippen molar-refractivity contribution in [2.75, 3.05) is 0 Å². The monoisotopic (exact) mass is 216 g/mol. The van der Waals surface area contributed by atoms with E-state index < -0.39 is 8.32 Å². The van der Waals surface area contributed by atoms with Gasteiger partial charge in [0, 0.05) is 0 Å². The highest BCUT2D eigenvalue weighted by Gasteiger charge is 2.10. The van der Waals surface area contributed by atoms with E-state index in [0.29, 0.717) is 0 Å². The Bertz CT molecular complexity index is 119. The van der Waals surface area contributed by atoms with Crippen LogP contribution in [0.3, 0.4) is 0 Å². The summed E-state index contributed by atoms with van der Waals surface area (Å²) in [7, 11) is -1.22. The molecule has 0 spiro atoms. The molecule has 0 atom stereocenters. The zero-order valence-corrected chi connectivity index (χ0v) is 12.0. The van der Waals surface area contributed by atoms with Crippen LogP contribution in [0.25, 0.3) is 0 Å². The average molecular weight is 216 g/mol. The number of rotatable bonds is 5. The van der Waals surface area contributed by atoms with Crippen LogP contribution in [0.15, 0.2) is 25.3 Å². The van der Waals surface area contributed by atoms with Gasteiger partial charge >= 0.3 is 0 Å². The minimum absolute atomic E-state index is 0.128. The van der Waals surface area contributed by atoms with Crippen molar-refractivity contribution in [3.05, 3.63) is 25.3 Å². The second kappa shape index (κ2) is 9.96. The summed E-state index contributed by atoms with van der Waals surface area (Å²) in [5, 5.41) is 0. The molecular weight excluding hydrogens is 192 g/mol. The maximum atomic E-state index is 5.51. The van der Waals surface area contributed by atoms with E-state index >= 15 is 0 Å². The molecule has 0 rings (SSSR count). The van der Waals surface area contributed by atoms with Gasteiger partial charge in [0.05, 0.1) is 0 Å². The first-order chi connectivity index (χ1) is 5.97. The third-order valence-electron chi connectivity index (χ3n) is 1.15. The van der Waals surface area contributed by atoms with Crippen molar-refractivity contribution in [2.45, 2.75) is 39.0 Å². The zero-order chi connectivity index (χ0) is 10.7. The Labute approximate surface area is 87.0 Å². The van der Waals surface area contributed by atoms with Crippen LogP contribution in [0.1, 0.15) is 12.8 Å². The van der Waals surface area contributed by atoms with E-state index in [-0.39, 0.29) is 9.76 Å². The van der Waals surface area contributed by atoms with Crippen LogP contribution in [0.4, 0.5) is 0 Å². The van der Waals surface area contributed by atoms with Crippen molar-refractivity contribution in [1.29, 1.82) is 0 Å². The maximum absolute atomic E-state index is 5.51. The second-order valence-corrected chi connectivity index (χ2v) is 9.66. The number of hydrogen-bond acceptors (Lipinski definition) is 1. The summed E-state index contributed by atoms with van der Waals surface area (Å²) in [6.45, 7) is 16.0. The quantitative estimate of drug-likeness (QED) is 0.390. The summed E-state index contributed by atoms with van der Waals surface area (Å²) >= 11 is 0. The van der Waals surface area contributed by atoms with Gasteiger partial charge in [-0.1, -0.05) is 18.7 Å². The number of unbranched alkanes of at least 4 members (excludes halogenated alkanes) is 1. The van der Waals surface area contributed by atoms with Gasteiger partial charge in [-0.15, -0.1) is 13.2 Å². The molecule has 0 saturated heterocycles. The van der Waals surface area contributed by atoms with Gasteiger partial charge in [0.25, 0.3) is 0 Å². The number of allylic oxidation sites excluding steroid dienone is 2. The molecule has 0 aromatic rings. The van der Waals surface area contributed by atoms with Crippen LogP contribution in [0, 0.1) is 0 Å². The largest absolute Gasteiger partial charge is 0.461 e. The number of hydrogen-bond donors (Lipinski definition) is 0. The second-order valence-electron chi connectivity index (χ2n) is 3.70. The smallest absolute Gasteiger partial charge is 0.169 e. The lowest BCUT2D eigenvalue weighted by atomic mass is 10.3. The van der Waals surface area contributed by atoms with Gasteiger partial charge in [0.15, 0.2) is 8.32 Å². The van der Waals surface area contributed by atoms with Gasteiger partial charge in [-0.25, -0.2) is 0 Å². The van der Waals surface area contributed by atoms with Crippen molar-refractivity contribution in [3.8, 4) is 0 Å². The predicted molar refractivity (Wildman–Crippen MR) is 68.5 cm³/mol. The van der Waals surface area contributed by atoms with Gasteiger partial charge in [0.2, 0.25) is 0 Å². The Balaban J connectivity index is 0. The molecule has 0 aliphatic rings. The van der Waals surface area contributed by atoms with Gasteiger partial charge < -0.3 is 4.12 Å². The lowest BCUT2D eigenvalue weighted by Gasteiger charge is -2.14. The molecule has 13 heavy (non-hydrogen) atoms. The van der Waals surface area contributed by atoms with Crippen molar-refractivity contribution >= 4 is 18.1 Å². The first-order valence-corrected chi connectivity index (χ1v) is 10.2. The Morgan fingerprint density at radius 2 is 1.54 bits per heavy atom. The lowest BCUT2D eigenvalue weighted by molar-refractivity contribution is 0.603. The molecule has 0 saturated carbocycles. The van der Waals surface area contributed by atoms with Crippen LogP contribution < -0.4 is 0 Å². The van der Waals surface area contributed by atoms with Gasteiger partial charge in [-0.3, -0.25) is 0 Å². The normalized spacial score (nSPS) is 10.8. The SMILES string of the molecule is C=CCCC=C.C[SiH2]O[Si](C)(C)C. The van der Waals surface area contributed by atoms with Crippen molar-refractivity contribution < 1.29 is 4.12 Å². The molecule has 0 aliphatic heterocycles. The summed E-state index contributed by atoms with van der Waals surface area (Å²) in [6, 6.07) is 0. The summed E-state index contributed by atoms with van der Waals surface area (Å²) in [4.78, 5) is 0. The zero-order valence-electron chi connectivity index (χ0n) is 9.60. The molecule has 1 nitrogen and oxygen atoms in total. The standard InChI is InChI=1S/C6H10.C4H14OSi2/c1-3-5-6-4-2;1-6-5-7(2,3)4/h3-4H,1-2,5-6H2;6H2,1-4H3.